The number of H-pyrrole nitrogens is 1. The Morgan fingerprint density at radius 3 is 2.29 bits per heavy atom. The van der Waals surface area contributed by atoms with Gasteiger partial charge in [-0.2, -0.15) is 4.98 Å². The van der Waals surface area contributed by atoms with Crippen molar-refractivity contribution in [2.24, 2.45) is 0 Å². The minimum absolute atomic E-state index is 0.441. The molecule has 1 atom stereocenters. The van der Waals surface area contributed by atoms with Crippen molar-refractivity contribution in [3.8, 4) is 34.0 Å². The van der Waals surface area contributed by atoms with E-state index in [0.717, 1.165) is 33.2 Å². The number of rotatable bonds is 4. The van der Waals surface area contributed by atoms with Gasteiger partial charge in [0.2, 0.25) is 0 Å². The molecule has 1 unspecified atom stereocenters. The number of ether oxygens (including phenoxy) is 1. The summed E-state index contributed by atoms with van der Waals surface area (Å²) >= 11 is 6.61. The van der Waals surface area contributed by atoms with Crippen LogP contribution < -0.4 is 10.0 Å². The van der Waals surface area contributed by atoms with Gasteiger partial charge in [-0.25, -0.2) is 0 Å². The molecule has 1 aromatic heterocycles. The average molecular weight is 443 g/mol. The first-order chi connectivity index (χ1) is 15.1. The minimum atomic E-state index is 0.441. The number of hydrogen-bond acceptors (Lipinski definition) is 2. The van der Waals surface area contributed by atoms with Gasteiger partial charge < -0.3 is 9.72 Å². The van der Waals surface area contributed by atoms with Crippen LogP contribution in [0, 0.1) is 6.92 Å². The Balaban J connectivity index is 1.46. The number of aromatic amines is 1. The predicted molar refractivity (Wildman–Crippen MR) is 133 cm³/mol. The van der Waals surface area contributed by atoms with Gasteiger partial charge in [0.1, 0.15) is 5.75 Å². The van der Waals surface area contributed by atoms with Crippen molar-refractivity contribution < 1.29 is 4.74 Å². The Morgan fingerprint density at radius 1 is 0.839 bits per heavy atom. The van der Waals surface area contributed by atoms with E-state index in [1.165, 1.54) is 16.7 Å². The molecule has 0 spiro atoms. The number of hydrogen-bond donors (Lipinski definition) is 1. The predicted octanol–water partition coefficient (Wildman–Crippen LogP) is 7.15. The molecule has 0 aliphatic heterocycles. The van der Waals surface area contributed by atoms with Crippen LogP contribution in [0.1, 0.15) is 5.56 Å². The first-order valence-corrected chi connectivity index (χ1v) is 10.9. The van der Waals surface area contributed by atoms with Crippen LogP contribution in [0.25, 0.3) is 33.3 Å². The molecule has 0 aliphatic carbocycles. The van der Waals surface area contributed by atoms with Crippen LogP contribution in [0.15, 0.2) is 84.9 Å². The fourth-order valence-electron chi connectivity index (χ4n) is 3.54. The fourth-order valence-corrected chi connectivity index (χ4v) is 4.08. The van der Waals surface area contributed by atoms with Crippen LogP contribution in [0.5, 0.6) is 11.8 Å². The lowest BCUT2D eigenvalue weighted by Crippen LogP contribution is -1.97. The van der Waals surface area contributed by atoms with E-state index in [-0.39, 0.29) is 0 Å². The van der Waals surface area contributed by atoms with Crippen molar-refractivity contribution in [2.75, 3.05) is 0 Å². The van der Waals surface area contributed by atoms with Crippen molar-refractivity contribution in [2.45, 2.75) is 6.92 Å². The molecule has 1 N–H and O–H groups in total. The molecule has 5 rings (SSSR count). The normalized spacial score (nSPS) is 11.1. The maximum Gasteiger partial charge on any atom is 0.300 e. The maximum atomic E-state index is 6.61. The van der Waals surface area contributed by atoms with Gasteiger partial charge in [0.15, 0.2) is 0 Å². The molecule has 1 heterocycles. The molecule has 0 saturated heterocycles. The summed E-state index contributed by atoms with van der Waals surface area (Å²) in [7, 11) is 2.72. The number of aromatic nitrogens is 2. The van der Waals surface area contributed by atoms with Gasteiger partial charge in [0.05, 0.1) is 16.1 Å². The maximum absolute atomic E-state index is 6.61. The van der Waals surface area contributed by atoms with Crippen molar-refractivity contribution in [3.63, 3.8) is 0 Å². The van der Waals surface area contributed by atoms with Crippen molar-refractivity contribution >= 4 is 37.2 Å². The van der Waals surface area contributed by atoms with Crippen LogP contribution in [0.4, 0.5) is 0 Å². The highest BCUT2D eigenvalue weighted by atomic mass is 35.5. The van der Waals surface area contributed by atoms with E-state index < -0.39 is 0 Å². The number of aryl methyl sites for hydroxylation is 1. The number of nitrogens with one attached hydrogen (secondary N) is 1. The SMILES string of the molecule is Cc1ccc(Oc2nc3cc(-c4ccc(-c5ccccc5)cc4)c(Cl)cc3[nH]2)cc1P. The highest BCUT2D eigenvalue weighted by Gasteiger charge is 2.11. The van der Waals surface area contributed by atoms with Gasteiger partial charge in [0, 0.05) is 5.56 Å². The smallest absolute Gasteiger partial charge is 0.300 e. The molecule has 0 fully saturated rings. The van der Waals surface area contributed by atoms with E-state index in [1.807, 2.05) is 48.5 Å². The first kappa shape index (κ1) is 19.8. The van der Waals surface area contributed by atoms with E-state index >= 15 is 0 Å². The van der Waals surface area contributed by atoms with Gasteiger partial charge in [-0.05, 0) is 58.7 Å². The zero-order chi connectivity index (χ0) is 21.4. The lowest BCUT2D eigenvalue weighted by atomic mass is 10.00. The minimum Gasteiger partial charge on any atom is -0.426 e. The Labute approximate surface area is 188 Å². The molecule has 0 aliphatic rings. The monoisotopic (exact) mass is 442 g/mol. The zero-order valence-electron chi connectivity index (χ0n) is 16.9. The topological polar surface area (TPSA) is 37.9 Å². The molecule has 3 nitrogen and oxygen atoms in total. The van der Waals surface area contributed by atoms with Gasteiger partial charge in [0.25, 0.3) is 6.01 Å². The van der Waals surface area contributed by atoms with Crippen LogP contribution in [-0.4, -0.2) is 9.97 Å². The molecule has 0 bridgehead atoms. The Morgan fingerprint density at radius 2 is 1.55 bits per heavy atom. The second-order valence-electron chi connectivity index (χ2n) is 7.45. The van der Waals surface area contributed by atoms with Crippen molar-refractivity contribution in [1.82, 2.24) is 9.97 Å². The Bertz CT molecular complexity index is 1380. The van der Waals surface area contributed by atoms with Gasteiger partial charge in [-0.1, -0.05) is 72.3 Å². The molecule has 0 amide bonds. The van der Waals surface area contributed by atoms with Crippen LogP contribution >= 0.6 is 20.8 Å². The lowest BCUT2D eigenvalue weighted by molar-refractivity contribution is 0.449. The molecule has 4 aromatic carbocycles. The summed E-state index contributed by atoms with van der Waals surface area (Å²) in [6, 6.07) is 29.0. The molecule has 0 saturated carbocycles. The fraction of sp³-hybridized carbons (Fsp3) is 0.0385. The number of halogens is 1. The van der Waals surface area contributed by atoms with E-state index in [9.17, 15) is 0 Å². The molecule has 0 radical (unpaired) electrons. The van der Waals surface area contributed by atoms with Crippen LogP contribution in [0.2, 0.25) is 5.02 Å². The summed E-state index contributed by atoms with van der Waals surface area (Å²) in [5.74, 6) is 0.734. The average Bonchev–Trinajstić information content (AvgIpc) is 3.17. The number of nitrogens with zero attached hydrogens (tertiary/aromatic N) is 1. The van der Waals surface area contributed by atoms with E-state index in [4.69, 9.17) is 16.3 Å². The summed E-state index contributed by atoms with van der Waals surface area (Å²) in [5, 5.41) is 1.76. The van der Waals surface area contributed by atoms with Crippen LogP contribution in [0.3, 0.4) is 0 Å². The molecular weight excluding hydrogens is 423 g/mol. The summed E-state index contributed by atoms with van der Waals surface area (Å²) in [5.41, 5.74) is 7.18. The third-order valence-corrected chi connectivity index (χ3v) is 6.25. The number of fused-ring (bicyclic) bond motifs is 1. The zero-order valence-corrected chi connectivity index (χ0v) is 18.8. The number of imidazole rings is 1. The van der Waals surface area contributed by atoms with Crippen molar-refractivity contribution in [1.29, 1.82) is 0 Å². The second kappa shape index (κ2) is 8.19. The van der Waals surface area contributed by atoms with Gasteiger partial charge in [-0.3, -0.25) is 0 Å². The second-order valence-corrected chi connectivity index (χ2v) is 8.48. The van der Waals surface area contributed by atoms with Gasteiger partial charge in [-0.15, -0.1) is 9.24 Å². The van der Waals surface area contributed by atoms with E-state index in [2.05, 4.69) is 62.5 Å². The molecule has 31 heavy (non-hydrogen) atoms. The molecule has 152 valence electrons. The largest absolute Gasteiger partial charge is 0.426 e. The van der Waals surface area contributed by atoms with E-state index in [1.54, 1.807) is 0 Å². The van der Waals surface area contributed by atoms with Crippen molar-refractivity contribution in [3.05, 3.63) is 95.5 Å². The highest BCUT2D eigenvalue weighted by molar-refractivity contribution is 7.27. The quantitative estimate of drug-likeness (QED) is 0.300. The Kier molecular flexibility index (Phi) is 5.23. The lowest BCUT2D eigenvalue weighted by Gasteiger charge is -2.07. The first-order valence-electron chi connectivity index (χ1n) is 9.96. The summed E-state index contributed by atoms with van der Waals surface area (Å²) in [4.78, 5) is 7.81. The highest BCUT2D eigenvalue weighted by Crippen LogP contribution is 2.34. The number of benzene rings is 4. The molecular formula is C26H20ClN2OP. The molecule has 5 aromatic rings. The van der Waals surface area contributed by atoms with Gasteiger partial charge >= 0.3 is 0 Å². The Hall–Kier alpha value is -3.13. The summed E-state index contributed by atoms with van der Waals surface area (Å²) < 4.78 is 5.93. The third kappa shape index (κ3) is 4.07. The summed E-state index contributed by atoms with van der Waals surface area (Å²) in [6.45, 7) is 2.06. The summed E-state index contributed by atoms with van der Waals surface area (Å²) in [6.07, 6.45) is 0. The van der Waals surface area contributed by atoms with E-state index in [0.29, 0.717) is 11.0 Å². The van der Waals surface area contributed by atoms with Crippen LogP contribution in [-0.2, 0) is 0 Å². The standard InChI is InChI=1S/C26H20ClN2OP/c1-16-7-12-20(13-25(16)31)30-26-28-23-14-21(22(27)15-24(23)29-26)19-10-8-18(9-11-19)17-5-3-2-4-6-17/h2-15H,31H2,1H3,(H,28,29). The third-order valence-electron chi connectivity index (χ3n) is 5.32. The molecule has 5 heteroatoms.